The first kappa shape index (κ1) is 27.0. The number of aliphatic hydroxyl groups excluding tert-OH is 1. The fraction of sp³-hybridized carbons (Fsp3) is 0.760. The van der Waals surface area contributed by atoms with Crippen LogP contribution in [0.1, 0.15) is 53.4 Å². The molecule has 0 bridgehead atoms. The van der Waals surface area contributed by atoms with Gasteiger partial charge in [-0.05, 0) is 36.3 Å². The van der Waals surface area contributed by atoms with E-state index in [0.29, 0.717) is 6.61 Å². The van der Waals surface area contributed by atoms with Gasteiger partial charge in [-0.15, -0.1) is 0 Å². The molecule has 0 saturated carbocycles. The van der Waals surface area contributed by atoms with Crippen molar-refractivity contribution in [1.82, 2.24) is 0 Å². The third-order valence-electron chi connectivity index (χ3n) is 7.85. The van der Waals surface area contributed by atoms with Crippen LogP contribution in [0, 0.1) is 0 Å². The highest BCUT2D eigenvalue weighted by molar-refractivity contribution is 6.74. The van der Waals surface area contributed by atoms with Gasteiger partial charge in [-0.3, -0.25) is 0 Å². The second-order valence-corrected chi connectivity index (χ2v) is 21.9. The van der Waals surface area contributed by atoms with Crippen LogP contribution >= 0.6 is 0 Å². The van der Waals surface area contributed by atoms with E-state index in [1.807, 2.05) is 30.3 Å². The summed E-state index contributed by atoms with van der Waals surface area (Å²) in [4.78, 5) is 0. The third-order valence-corrected chi connectivity index (χ3v) is 16.8. The lowest BCUT2D eigenvalue weighted by atomic mass is 9.98. The van der Waals surface area contributed by atoms with Gasteiger partial charge in [-0.1, -0.05) is 71.9 Å². The van der Waals surface area contributed by atoms with Crippen LogP contribution < -0.4 is 0 Å². The predicted molar refractivity (Wildman–Crippen MR) is 135 cm³/mol. The van der Waals surface area contributed by atoms with Gasteiger partial charge < -0.3 is 28.2 Å². The molecule has 1 N–H and O–H groups in total. The highest BCUT2D eigenvalue weighted by atomic mass is 28.4. The fourth-order valence-electron chi connectivity index (χ4n) is 3.64. The minimum Gasteiger partial charge on any atom is -0.408 e. The number of rotatable bonds is 5. The van der Waals surface area contributed by atoms with E-state index in [1.54, 1.807) is 0 Å². The molecule has 2 aliphatic heterocycles. The van der Waals surface area contributed by atoms with Crippen LogP contribution in [0.5, 0.6) is 0 Å². The van der Waals surface area contributed by atoms with Crippen molar-refractivity contribution in [3.8, 4) is 0 Å². The smallest absolute Gasteiger partial charge is 0.192 e. The molecule has 3 rings (SSSR count). The van der Waals surface area contributed by atoms with Gasteiger partial charge in [0.2, 0.25) is 0 Å². The van der Waals surface area contributed by atoms with E-state index in [0.717, 1.165) is 5.56 Å². The minimum atomic E-state index is -2.23. The first-order valence-corrected chi connectivity index (χ1v) is 17.9. The van der Waals surface area contributed by atoms with Gasteiger partial charge in [0.15, 0.2) is 29.2 Å². The zero-order valence-corrected chi connectivity index (χ0v) is 24.0. The Balaban J connectivity index is 1.96. The van der Waals surface area contributed by atoms with Crippen LogP contribution in [0.25, 0.3) is 0 Å². The third kappa shape index (κ3) is 5.81. The number of fused-ring (bicyclic) bond motifs is 1. The molecule has 1 aromatic carbocycles. The maximum atomic E-state index is 11.1. The SMILES string of the molecule is CC(C)(C)[Si](C)(C)OC1C(O[Si](C)(C)C(C)(C)C)[C@H](O)OC2COC(c3ccccc3)O[C@H]21. The maximum Gasteiger partial charge on any atom is 0.192 e. The van der Waals surface area contributed by atoms with Gasteiger partial charge >= 0.3 is 0 Å². The first-order valence-electron chi connectivity index (χ1n) is 12.0. The van der Waals surface area contributed by atoms with Crippen LogP contribution in [0.15, 0.2) is 30.3 Å². The predicted octanol–water partition coefficient (Wildman–Crippen LogP) is 5.60. The summed E-state index contributed by atoms with van der Waals surface area (Å²) >= 11 is 0. The molecule has 33 heavy (non-hydrogen) atoms. The highest BCUT2D eigenvalue weighted by Crippen LogP contribution is 2.44. The Morgan fingerprint density at radius 1 is 0.818 bits per heavy atom. The zero-order valence-electron chi connectivity index (χ0n) is 22.0. The van der Waals surface area contributed by atoms with Crippen LogP contribution in [0.3, 0.4) is 0 Å². The van der Waals surface area contributed by atoms with Crippen molar-refractivity contribution in [3.63, 3.8) is 0 Å². The Bertz CT molecular complexity index is 786. The van der Waals surface area contributed by atoms with E-state index in [9.17, 15) is 5.11 Å². The average molecular weight is 497 g/mol. The van der Waals surface area contributed by atoms with Crippen molar-refractivity contribution in [2.45, 2.75) is 115 Å². The second-order valence-electron chi connectivity index (χ2n) is 12.4. The Kier molecular flexibility index (Phi) is 7.74. The van der Waals surface area contributed by atoms with Crippen molar-refractivity contribution >= 4 is 16.6 Å². The summed E-state index contributed by atoms with van der Waals surface area (Å²) in [5.41, 5.74) is 0.954. The van der Waals surface area contributed by atoms with Crippen molar-refractivity contribution in [2.24, 2.45) is 0 Å². The van der Waals surface area contributed by atoms with Gasteiger partial charge in [-0.25, -0.2) is 0 Å². The van der Waals surface area contributed by atoms with Gasteiger partial charge in [0.05, 0.1) is 6.61 Å². The maximum absolute atomic E-state index is 11.1. The Labute approximate surface area is 202 Å². The largest absolute Gasteiger partial charge is 0.408 e. The molecule has 188 valence electrons. The number of ether oxygens (including phenoxy) is 3. The molecule has 2 fully saturated rings. The molecule has 1 aromatic rings. The lowest BCUT2D eigenvalue weighted by Gasteiger charge is -2.53. The number of aliphatic hydroxyl groups is 1. The van der Waals surface area contributed by atoms with Crippen molar-refractivity contribution in [1.29, 1.82) is 0 Å². The Morgan fingerprint density at radius 3 is 1.85 bits per heavy atom. The van der Waals surface area contributed by atoms with E-state index in [4.69, 9.17) is 23.1 Å². The highest BCUT2D eigenvalue weighted by Gasteiger charge is 2.55. The lowest BCUT2D eigenvalue weighted by Crippen LogP contribution is -2.67. The van der Waals surface area contributed by atoms with Gasteiger partial charge in [-0.2, -0.15) is 0 Å². The monoisotopic (exact) mass is 496 g/mol. The van der Waals surface area contributed by atoms with Crippen molar-refractivity contribution in [2.75, 3.05) is 6.61 Å². The fourth-order valence-corrected chi connectivity index (χ4v) is 6.22. The molecule has 8 heteroatoms. The number of hydrogen-bond donors (Lipinski definition) is 1. The summed E-state index contributed by atoms with van der Waals surface area (Å²) < 4.78 is 32.2. The first-order chi connectivity index (χ1) is 15.0. The summed E-state index contributed by atoms with van der Waals surface area (Å²) in [6.45, 7) is 22.4. The average Bonchev–Trinajstić information content (AvgIpc) is 2.69. The van der Waals surface area contributed by atoms with Crippen LogP contribution in [0.2, 0.25) is 36.3 Å². The summed E-state index contributed by atoms with van der Waals surface area (Å²) in [6, 6.07) is 9.92. The molecule has 0 radical (unpaired) electrons. The van der Waals surface area contributed by atoms with E-state index in [1.165, 1.54) is 0 Å². The van der Waals surface area contributed by atoms with Gasteiger partial charge in [0, 0.05) is 5.56 Å². The minimum absolute atomic E-state index is 0.00270. The molecule has 2 aliphatic rings. The zero-order chi connectivity index (χ0) is 24.8. The molecule has 2 saturated heterocycles. The molecular weight excluding hydrogens is 452 g/mol. The summed E-state index contributed by atoms with van der Waals surface area (Å²) in [5, 5.41) is 11.1. The summed E-state index contributed by atoms with van der Waals surface area (Å²) in [7, 11) is -4.44. The van der Waals surface area contributed by atoms with Crippen molar-refractivity contribution < 1.29 is 28.2 Å². The lowest BCUT2D eigenvalue weighted by molar-refractivity contribution is -0.350. The molecule has 0 aliphatic carbocycles. The molecule has 4 unspecified atom stereocenters. The molecule has 0 aromatic heterocycles. The molecule has 2 heterocycles. The summed E-state index contributed by atoms with van der Waals surface area (Å²) in [5.74, 6) is 0. The van der Waals surface area contributed by atoms with Crippen LogP contribution in [-0.2, 0) is 23.1 Å². The van der Waals surface area contributed by atoms with E-state index in [-0.39, 0.29) is 10.1 Å². The Hall–Kier alpha value is -0.586. The molecular formula is C25H44O6Si2. The van der Waals surface area contributed by atoms with Gasteiger partial charge in [0.1, 0.15) is 24.4 Å². The molecule has 6 nitrogen and oxygen atoms in total. The summed E-state index contributed by atoms with van der Waals surface area (Å²) in [6.07, 6.45) is -3.52. The molecule has 6 atom stereocenters. The van der Waals surface area contributed by atoms with E-state index < -0.39 is 53.6 Å². The van der Waals surface area contributed by atoms with E-state index in [2.05, 4.69) is 67.7 Å². The normalized spacial score (nSPS) is 31.8. The second kappa shape index (κ2) is 9.46. The quantitative estimate of drug-likeness (QED) is 0.535. The number of benzene rings is 1. The van der Waals surface area contributed by atoms with Crippen LogP contribution in [-0.4, -0.2) is 59.1 Å². The van der Waals surface area contributed by atoms with Gasteiger partial charge in [0.25, 0.3) is 0 Å². The Morgan fingerprint density at radius 2 is 1.33 bits per heavy atom. The topological polar surface area (TPSA) is 66.4 Å². The van der Waals surface area contributed by atoms with Crippen LogP contribution in [0.4, 0.5) is 0 Å². The molecule has 0 amide bonds. The molecule has 0 spiro atoms. The standard InChI is InChI=1S/C25H44O6Si2/c1-24(2,3)32(7,8)30-20-19-18(16-27-23(29-19)17-14-12-11-13-15-17)28-22(26)21(20)31-33(9,10)25(4,5)6/h11-15,18-23,26H,16H2,1-10H3/t18?,19-,20?,21?,22-,23?/m1/s1. The van der Waals surface area contributed by atoms with E-state index >= 15 is 0 Å². The van der Waals surface area contributed by atoms with Crippen molar-refractivity contribution in [3.05, 3.63) is 35.9 Å². The number of hydrogen-bond acceptors (Lipinski definition) is 6.